The van der Waals surface area contributed by atoms with Gasteiger partial charge in [0.05, 0.1) is 25.4 Å². The Bertz CT molecular complexity index is 939. The number of aliphatic hydroxyl groups is 5. The van der Waals surface area contributed by atoms with Crippen molar-refractivity contribution in [1.82, 2.24) is 5.32 Å². The molecule has 1 rings (SSSR count). The van der Waals surface area contributed by atoms with Gasteiger partial charge in [-0.3, -0.25) is 4.79 Å². The number of nitrogens with one attached hydrogen (secondary N) is 1. The van der Waals surface area contributed by atoms with Crippen LogP contribution in [0.15, 0.2) is 0 Å². The lowest BCUT2D eigenvalue weighted by Gasteiger charge is -2.40. The van der Waals surface area contributed by atoms with E-state index in [0.717, 1.165) is 38.5 Å². The highest BCUT2D eigenvalue weighted by Gasteiger charge is 2.44. The highest BCUT2D eigenvalue weighted by molar-refractivity contribution is 5.76. The van der Waals surface area contributed by atoms with Gasteiger partial charge in [-0.2, -0.15) is 0 Å². The number of amides is 1. The zero-order chi connectivity index (χ0) is 45.1. The fourth-order valence-corrected chi connectivity index (χ4v) is 9.11. The second-order valence-corrected chi connectivity index (χ2v) is 19.4. The molecule has 1 aliphatic rings. The summed E-state index contributed by atoms with van der Waals surface area (Å²) in [6.45, 7) is 3.85. The first-order chi connectivity index (χ1) is 30.3. The zero-order valence-corrected chi connectivity index (χ0v) is 40.9. The molecule has 1 heterocycles. The molecule has 9 nitrogen and oxygen atoms in total. The summed E-state index contributed by atoms with van der Waals surface area (Å²) in [4.78, 5) is 13.0. The predicted octanol–water partition coefficient (Wildman–Crippen LogP) is 12.7. The van der Waals surface area contributed by atoms with Crippen molar-refractivity contribution in [2.75, 3.05) is 13.2 Å². The SMILES string of the molecule is CCCCCCCCCCCCCCCCCCCCCCCCCCCCCCCC(=O)NC(COC1OC(CO)C(O)C(O)C1O)C(O)CCCCCCCCCCCC. The maximum absolute atomic E-state index is 13.0. The minimum atomic E-state index is -1.55. The largest absolute Gasteiger partial charge is 0.394 e. The zero-order valence-electron chi connectivity index (χ0n) is 40.9. The fraction of sp³-hybridized carbons (Fsp3) is 0.981. The Morgan fingerprint density at radius 1 is 0.484 bits per heavy atom. The van der Waals surface area contributed by atoms with Gasteiger partial charge in [0.15, 0.2) is 6.29 Å². The standard InChI is InChI=1S/C53H105NO8/c1-3-5-7-9-11-13-15-16-17-18-19-20-21-22-23-24-25-26-27-28-29-30-31-32-33-35-37-39-41-43-49(57)54-46(45-61-53-52(60)51(59)50(58)48(44-55)62-53)47(56)42-40-38-36-34-14-12-10-8-6-4-2/h46-48,50-53,55-56,58-60H,3-45H2,1-2H3,(H,54,57). The van der Waals surface area contributed by atoms with Gasteiger partial charge in [0, 0.05) is 6.42 Å². The molecular weight excluding hydrogens is 779 g/mol. The van der Waals surface area contributed by atoms with Gasteiger partial charge in [0.2, 0.25) is 5.91 Å². The second kappa shape index (κ2) is 44.0. The Kier molecular flexibility index (Phi) is 42.1. The van der Waals surface area contributed by atoms with Crippen molar-refractivity contribution in [2.24, 2.45) is 0 Å². The molecule has 6 N–H and O–H groups in total. The number of carbonyl (C=O) groups excluding carboxylic acids is 1. The highest BCUT2D eigenvalue weighted by Crippen LogP contribution is 2.23. The van der Waals surface area contributed by atoms with Crippen molar-refractivity contribution in [3.05, 3.63) is 0 Å². The van der Waals surface area contributed by atoms with E-state index in [-0.39, 0.29) is 12.5 Å². The molecule has 370 valence electrons. The van der Waals surface area contributed by atoms with Gasteiger partial charge in [-0.1, -0.05) is 258 Å². The van der Waals surface area contributed by atoms with Gasteiger partial charge < -0.3 is 40.3 Å². The summed E-state index contributed by atoms with van der Waals surface area (Å²) in [6, 6.07) is -0.711. The third-order valence-corrected chi connectivity index (χ3v) is 13.5. The molecule has 0 aromatic heterocycles. The van der Waals surface area contributed by atoms with Crippen LogP contribution in [0.1, 0.15) is 277 Å². The Morgan fingerprint density at radius 2 is 0.806 bits per heavy atom. The molecule has 9 heteroatoms. The molecule has 1 saturated heterocycles. The lowest BCUT2D eigenvalue weighted by atomic mass is 9.99. The van der Waals surface area contributed by atoms with E-state index >= 15 is 0 Å². The summed E-state index contributed by atoms with van der Waals surface area (Å²) in [5.41, 5.74) is 0. The summed E-state index contributed by atoms with van der Waals surface area (Å²) in [5, 5.41) is 54.4. The molecule has 7 atom stereocenters. The number of unbranched alkanes of at least 4 members (excludes halogenated alkanes) is 37. The van der Waals surface area contributed by atoms with Crippen LogP contribution >= 0.6 is 0 Å². The molecule has 62 heavy (non-hydrogen) atoms. The van der Waals surface area contributed by atoms with Crippen LogP contribution in [0.2, 0.25) is 0 Å². The van der Waals surface area contributed by atoms with Gasteiger partial charge >= 0.3 is 0 Å². The second-order valence-electron chi connectivity index (χ2n) is 19.4. The molecule has 0 aromatic rings. The fourth-order valence-electron chi connectivity index (χ4n) is 9.11. The third kappa shape index (κ3) is 33.6. The molecule has 0 bridgehead atoms. The average Bonchev–Trinajstić information content (AvgIpc) is 3.27. The number of ether oxygens (including phenoxy) is 2. The number of hydrogen-bond acceptors (Lipinski definition) is 8. The maximum atomic E-state index is 13.0. The quantitative estimate of drug-likeness (QED) is 0.0331. The molecule has 1 aliphatic heterocycles. The number of aliphatic hydroxyl groups excluding tert-OH is 5. The minimum Gasteiger partial charge on any atom is -0.394 e. The van der Waals surface area contributed by atoms with Crippen molar-refractivity contribution in [2.45, 2.75) is 320 Å². The maximum Gasteiger partial charge on any atom is 0.220 e. The van der Waals surface area contributed by atoms with Gasteiger partial charge in [0.1, 0.15) is 24.4 Å². The van der Waals surface area contributed by atoms with Gasteiger partial charge in [-0.05, 0) is 12.8 Å². The normalized spacial score (nSPS) is 20.1. The molecule has 1 amide bonds. The van der Waals surface area contributed by atoms with E-state index in [0.29, 0.717) is 12.8 Å². The van der Waals surface area contributed by atoms with Crippen molar-refractivity contribution in [3.63, 3.8) is 0 Å². The van der Waals surface area contributed by atoms with Crippen LogP contribution < -0.4 is 5.32 Å². The Balaban J connectivity index is 2.09. The lowest BCUT2D eigenvalue weighted by molar-refractivity contribution is -0.302. The van der Waals surface area contributed by atoms with Crippen LogP contribution in [0.3, 0.4) is 0 Å². The average molecular weight is 884 g/mol. The van der Waals surface area contributed by atoms with Gasteiger partial charge in [-0.25, -0.2) is 0 Å². The van der Waals surface area contributed by atoms with E-state index in [2.05, 4.69) is 19.2 Å². The topological polar surface area (TPSA) is 149 Å². The van der Waals surface area contributed by atoms with E-state index in [9.17, 15) is 30.3 Å². The first-order valence-electron chi connectivity index (χ1n) is 27.2. The summed E-state index contributed by atoms with van der Waals surface area (Å²) in [5.74, 6) is -0.139. The minimum absolute atomic E-state index is 0.132. The Morgan fingerprint density at radius 3 is 1.15 bits per heavy atom. The van der Waals surface area contributed by atoms with Crippen LogP contribution in [-0.2, 0) is 14.3 Å². The smallest absolute Gasteiger partial charge is 0.220 e. The summed E-state index contributed by atoms with van der Waals surface area (Å²) < 4.78 is 11.3. The molecule has 7 unspecified atom stereocenters. The van der Waals surface area contributed by atoms with Crippen LogP contribution in [-0.4, -0.2) is 87.5 Å². The number of hydrogen-bond donors (Lipinski definition) is 6. The van der Waals surface area contributed by atoms with E-state index in [1.807, 2.05) is 0 Å². The molecule has 1 fully saturated rings. The Labute approximate surface area is 383 Å². The molecule has 0 radical (unpaired) electrons. The van der Waals surface area contributed by atoms with E-state index in [4.69, 9.17) is 9.47 Å². The number of rotatable bonds is 47. The van der Waals surface area contributed by atoms with Crippen LogP contribution in [0, 0.1) is 0 Å². The number of carbonyl (C=O) groups is 1. The summed E-state index contributed by atoms with van der Waals surface area (Å²) >= 11 is 0. The lowest BCUT2D eigenvalue weighted by Crippen LogP contribution is -2.60. The Hall–Kier alpha value is -0.810. The summed E-state index contributed by atoms with van der Waals surface area (Å²) in [6.07, 6.45) is 44.4. The molecule has 0 spiro atoms. The highest BCUT2D eigenvalue weighted by atomic mass is 16.7. The van der Waals surface area contributed by atoms with Crippen molar-refractivity contribution in [1.29, 1.82) is 0 Å². The first kappa shape index (κ1) is 59.2. The van der Waals surface area contributed by atoms with Crippen LogP contribution in [0.25, 0.3) is 0 Å². The van der Waals surface area contributed by atoms with Crippen LogP contribution in [0.4, 0.5) is 0 Å². The first-order valence-corrected chi connectivity index (χ1v) is 27.2. The van der Waals surface area contributed by atoms with Gasteiger partial charge in [-0.15, -0.1) is 0 Å². The molecule has 0 aliphatic carbocycles. The van der Waals surface area contributed by atoms with E-state index < -0.39 is 49.5 Å². The molecule has 0 saturated carbocycles. The predicted molar refractivity (Wildman–Crippen MR) is 258 cm³/mol. The van der Waals surface area contributed by atoms with E-state index in [1.54, 1.807) is 0 Å². The van der Waals surface area contributed by atoms with Crippen molar-refractivity contribution >= 4 is 5.91 Å². The molecular formula is C53H105NO8. The molecule has 0 aromatic carbocycles. The van der Waals surface area contributed by atoms with Crippen molar-refractivity contribution < 1.29 is 39.8 Å². The third-order valence-electron chi connectivity index (χ3n) is 13.5. The monoisotopic (exact) mass is 884 g/mol. The summed E-state index contributed by atoms with van der Waals surface area (Å²) in [7, 11) is 0. The van der Waals surface area contributed by atoms with Gasteiger partial charge in [0.25, 0.3) is 0 Å². The van der Waals surface area contributed by atoms with Crippen LogP contribution in [0.5, 0.6) is 0 Å². The van der Waals surface area contributed by atoms with E-state index in [1.165, 1.54) is 212 Å². The van der Waals surface area contributed by atoms with Crippen molar-refractivity contribution in [3.8, 4) is 0 Å².